The van der Waals surface area contributed by atoms with Crippen LogP contribution in [0.15, 0.2) is 89.7 Å². The number of hydrogen-bond donors (Lipinski definition) is 0. The van der Waals surface area contributed by atoms with E-state index in [0.717, 1.165) is 27.6 Å². The van der Waals surface area contributed by atoms with Gasteiger partial charge in [-0.25, -0.2) is 4.98 Å². The minimum absolute atomic E-state index is 0.0635. The van der Waals surface area contributed by atoms with Crippen LogP contribution in [0.5, 0.6) is 11.5 Å². The van der Waals surface area contributed by atoms with Crippen LogP contribution in [0.1, 0.15) is 5.56 Å². The van der Waals surface area contributed by atoms with Crippen molar-refractivity contribution in [1.29, 1.82) is 0 Å². The first-order chi connectivity index (χ1) is 15.3. The minimum Gasteiger partial charge on any atom is -0.454 e. The van der Waals surface area contributed by atoms with Crippen LogP contribution in [0.2, 0.25) is 0 Å². The van der Waals surface area contributed by atoms with E-state index < -0.39 is 0 Å². The maximum Gasteiger partial charge on any atom is 0.261 e. The van der Waals surface area contributed by atoms with Gasteiger partial charge in [-0.2, -0.15) is 0 Å². The van der Waals surface area contributed by atoms with Crippen LogP contribution < -0.4 is 15.0 Å². The van der Waals surface area contributed by atoms with Gasteiger partial charge in [0.1, 0.15) is 5.82 Å². The largest absolute Gasteiger partial charge is 0.454 e. The van der Waals surface area contributed by atoms with Crippen molar-refractivity contribution in [2.75, 3.05) is 6.79 Å². The maximum absolute atomic E-state index is 13.5. The van der Waals surface area contributed by atoms with E-state index in [1.807, 2.05) is 60.7 Å². The Bertz CT molecular complexity index is 1520. The number of hydrogen-bond acceptors (Lipinski definition) is 4. The van der Waals surface area contributed by atoms with Gasteiger partial charge in [0.2, 0.25) is 6.79 Å². The maximum atomic E-state index is 13.5. The lowest BCUT2D eigenvalue weighted by atomic mass is 10.1. The minimum atomic E-state index is -0.0635. The highest BCUT2D eigenvalue weighted by molar-refractivity contribution is 5.87. The quantitative estimate of drug-likeness (QED) is 0.423. The molecule has 0 fully saturated rings. The van der Waals surface area contributed by atoms with Crippen LogP contribution in [0.3, 0.4) is 0 Å². The van der Waals surface area contributed by atoms with E-state index in [1.165, 1.54) is 0 Å². The Morgan fingerprint density at radius 3 is 2.55 bits per heavy atom. The number of fused-ring (bicyclic) bond motifs is 3. The van der Waals surface area contributed by atoms with Crippen molar-refractivity contribution in [2.24, 2.45) is 0 Å². The molecular weight excluding hydrogens is 388 g/mol. The Hall–Kier alpha value is -4.12. The van der Waals surface area contributed by atoms with Gasteiger partial charge in [-0.3, -0.25) is 9.36 Å². The molecule has 5 nitrogen and oxygen atoms in total. The number of rotatable bonds is 3. The molecule has 6 rings (SSSR count). The molecule has 2 heterocycles. The van der Waals surface area contributed by atoms with Crippen LogP contribution in [-0.2, 0) is 6.54 Å². The second-order valence-corrected chi connectivity index (χ2v) is 7.59. The van der Waals surface area contributed by atoms with E-state index in [9.17, 15) is 4.79 Å². The summed E-state index contributed by atoms with van der Waals surface area (Å²) in [6.45, 7) is 0.605. The van der Waals surface area contributed by atoms with Crippen molar-refractivity contribution < 1.29 is 9.47 Å². The summed E-state index contributed by atoms with van der Waals surface area (Å²) in [5, 5.41) is 2.86. The Balaban J connectivity index is 1.56. The number of nitrogens with zero attached hydrogens (tertiary/aromatic N) is 2. The Morgan fingerprint density at radius 1 is 0.806 bits per heavy atom. The monoisotopic (exact) mass is 406 g/mol. The third kappa shape index (κ3) is 3.02. The van der Waals surface area contributed by atoms with Gasteiger partial charge in [-0.05, 0) is 46.7 Å². The van der Waals surface area contributed by atoms with Crippen molar-refractivity contribution in [1.82, 2.24) is 9.55 Å². The summed E-state index contributed by atoms with van der Waals surface area (Å²) in [7, 11) is 0. The summed E-state index contributed by atoms with van der Waals surface area (Å²) >= 11 is 0. The third-order valence-corrected chi connectivity index (χ3v) is 5.65. The lowest BCUT2D eigenvalue weighted by molar-refractivity contribution is 0.174. The van der Waals surface area contributed by atoms with E-state index in [-0.39, 0.29) is 12.4 Å². The summed E-state index contributed by atoms with van der Waals surface area (Å²) in [6.07, 6.45) is 0. The zero-order chi connectivity index (χ0) is 20.8. The van der Waals surface area contributed by atoms with Gasteiger partial charge >= 0.3 is 0 Å². The summed E-state index contributed by atoms with van der Waals surface area (Å²) in [4.78, 5) is 18.4. The predicted molar refractivity (Wildman–Crippen MR) is 121 cm³/mol. The highest BCUT2D eigenvalue weighted by Gasteiger charge is 2.17. The summed E-state index contributed by atoms with van der Waals surface area (Å²) in [6, 6.07) is 27.6. The Labute approximate surface area is 178 Å². The molecule has 0 amide bonds. The second kappa shape index (κ2) is 6.99. The van der Waals surface area contributed by atoms with Gasteiger partial charge in [0.25, 0.3) is 5.56 Å². The topological polar surface area (TPSA) is 53.4 Å². The van der Waals surface area contributed by atoms with Crippen LogP contribution in [0.25, 0.3) is 33.1 Å². The van der Waals surface area contributed by atoms with Crippen molar-refractivity contribution in [3.8, 4) is 22.9 Å². The van der Waals surface area contributed by atoms with Crippen molar-refractivity contribution in [2.45, 2.75) is 6.54 Å². The van der Waals surface area contributed by atoms with Gasteiger partial charge in [-0.1, -0.05) is 54.6 Å². The highest BCUT2D eigenvalue weighted by atomic mass is 16.7. The molecule has 0 atom stereocenters. The smallest absolute Gasteiger partial charge is 0.261 e. The fraction of sp³-hybridized carbons (Fsp3) is 0.0769. The Morgan fingerprint density at radius 2 is 1.61 bits per heavy atom. The van der Waals surface area contributed by atoms with Crippen LogP contribution >= 0.6 is 0 Å². The molecule has 5 heteroatoms. The molecule has 1 aliphatic rings. The normalized spacial score (nSPS) is 12.5. The van der Waals surface area contributed by atoms with E-state index in [0.29, 0.717) is 29.0 Å². The molecule has 1 aromatic heterocycles. The molecule has 0 N–H and O–H groups in total. The van der Waals surface area contributed by atoms with Gasteiger partial charge in [0.05, 0.1) is 17.4 Å². The second-order valence-electron chi connectivity index (χ2n) is 7.59. The van der Waals surface area contributed by atoms with E-state index in [2.05, 4.69) is 24.3 Å². The molecule has 0 saturated carbocycles. The van der Waals surface area contributed by atoms with Gasteiger partial charge in [0.15, 0.2) is 11.5 Å². The fourth-order valence-corrected chi connectivity index (χ4v) is 4.09. The fourth-order valence-electron chi connectivity index (χ4n) is 4.09. The molecule has 0 bridgehead atoms. The highest BCUT2D eigenvalue weighted by Crippen LogP contribution is 2.33. The first kappa shape index (κ1) is 17.7. The zero-order valence-corrected chi connectivity index (χ0v) is 16.6. The van der Waals surface area contributed by atoms with Crippen LogP contribution in [0, 0.1) is 0 Å². The molecule has 0 unspecified atom stereocenters. The van der Waals surface area contributed by atoms with Crippen molar-refractivity contribution >= 4 is 21.7 Å². The van der Waals surface area contributed by atoms with E-state index in [1.54, 1.807) is 4.57 Å². The molecule has 5 aromatic rings. The zero-order valence-electron chi connectivity index (χ0n) is 16.6. The summed E-state index contributed by atoms with van der Waals surface area (Å²) in [5.41, 5.74) is 2.48. The third-order valence-electron chi connectivity index (χ3n) is 5.65. The number of ether oxygens (including phenoxy) is 2. The molecule has 0 aliphatic carbocycles. The molecule has 150 valence electrons. The van der Waals surface area contributed by atoms with Crippen LogP contribution in [-0.4, -0.2) is 16.3 Å². The van der Waals surface area contributed by atoms with Crippen molar-refractivity contribution in [3.63, 3.8) is 0 Å². The first-order valence-corrected chi connectivity index (χ1v) is 10.1. The molecule has 0 saturated heterocycles. The number of benzene rings is 4. The molecular formula is C26H18N2O3. The molecule has 1 aliphatic heterocycles. The lowest BCUT2D eigenvalue weighted by Gasteiger charge is -2.15. The van der Waals surface area contributed by atoms with E-state index >= 15 is 0 Å². The van der Waals surface area contributed by atoms with Gasteiger partial charge in [-0.15, -0.1) is 0 Å². The average Bonchev–Trinajstić information content (AvgIpc) is 3.28. The first-order valence-electron chi connectivity index (χ1n) is 10.1. The molecule has 4 aromatic carbocycles. The number of para-hydroxylation sites is 1. The number of aromatic nitrogens is 2. The molecule has 31 heavy (non-hydrogen) atoms. The standard InChI is InChI=1S/C26H18N2O3/c29-26-21-7-3-4-8-22(21)27-25(20-11-10-18-5-1-2-6-19(18)14-20)28(26)15-17-9-12-23-24(13-17)31-16-30-23/h1-14H,15-16H2. The predicted octanol–water partition coefficient (Wildman–Crippen LogP) is 4.99. The molecule has 0 spiro atoms. The van der Waals surface area contributed by atoms with Gasteiger partial charge < -0.3 is 9.47 Å². The molecule has 0 radical (unpaired) electrons. The lowest BCUT2D eigenvalue weighted by Crippen LogP contribution is -2.24. The van der Waals surface area contributed by atoms with Crippen LogP contribution in [0.4, 0.5) is 0 Å². The SMILES string of the molecule is O=c1c2ccccc2nc(-c2ccc3ccccc3c2)n1Cc1ccc2c(c1)OCO2. The summed E-state index contributed by atoms with van der Waals surface area (Å²) in [5.74, 6) is 2.07. The van der Waals surface area contributed by atoms with E-state index in [4.69, 9.17) is 14.5 Å². The van der Waals surface area contributed by atoms with Gasteiger partial charge in [0, 0.05) is 5.56 Å². The summed E-state index contributed by atoms with van der Waals surface area (Å²) < 4.78 is 12.7. The average molecular weight is 406 g/mol. The van der Waals surface area contributed by atoms with Crippen molar-refractivity contribution in [3.05, 3.63) is 101 Å². The Kier molecular flexibility index (Phi) is 3.99.